The number of carboxylic acids is 2. The quantitative estimate of drug-likeness (QED) is 0.117. The van der Waals surface area contributed by atoms with E-state index in [4.69, 9.17) is 21.2 Å². The molecule has 4 N–H and O–H groups in total. The summed E-state index contributed by atoms with van der Waals surface area (Å²) in [5, 5.41) is 23.2. The number of aromatic nitrogens is 2. The van der Waals surface area contributed by atoms with Gasteiger partial charge in [0.05, 0.1) is 36.6 Å². The van der Waals surface area contributed by atoms with E-state index in [2.05, 4.69) is 31.7 Å². The van der Waals surface area contributed by atoms with Crippen LogP contribution in [0.25, 0.3) is 21.6 Å². The number of azide groups is 1. The summed E-state index contributed by atoms with van der Waals surface area (Å²) in [6.07, 6.45) is 0. The second-order valence-corrected chi connectivity index (χ2v) is 13.0. The zero-order chi connectivity index (χ0) is 35.9. The van der Waals surface area contributed by atoms with Crippen LogP contribution >= 0.6 is 0 Å². The number of pyridine rings is 2. The highest BCUT2D eigenvalue weighted by molar-refractivity contribution is 5.69. The third-order valence-electron chi connectivity index (χ3n) is 8.07. The Morgan fingerprint density at radius 2 is 1.32 bits per heavy atom. The van der Waals surface area contributed by atoms with E-state index in [0.29, 0.717) is 76.8 Å². The molecule has 1 aromatic carbocycles. The Morgan fingerprint density at radius 3 is 1.86 bits per heavy atom. The van der Waals surface area contributed by atoms with E-state index >= 15 is 0 Å². The zero-order valence-corrected chi connectivity index (χ0v) is 28.8. The molecular formula is C36H46N10O4. The second kappa shape index (κ2) is 18.8. The first kappa shape index (κ1) is 37.9. The maximum atomic E-state index is 11.9. The Hall–Kier alpha value is -4.87. The monoisotopic (exact) mass is 682 g/mol. The van der Waals surface area contributed by atoms with E-state index < -0.39 is 17.5 Å². The molecule has 0 atom stereocenters. The first-order valence-electron chi connectivity index (χ1n) is 16.6. The van der Waals surface area contributed by atoms with Gasteiger partial charge in [0.1, 0.15) is 5.69 Å². The minimum absolute atomic E-state index is 0.108. The number of carbonyl (C=O) groups is 2. The van der Waals surface area contributed by atoms with Crippen molar-refractivity contribution in [3.05, 3.63) is 93.9 Å². The minimum atomic E-state index is -0.904. The third kappa shape index (κ3) is 13.6. The molecule has 14 heteroatoms. The van der Waals surface area contributed by atoms with Gasteiger partial charge in [0.2, 0.25) is 0 Å². The van der Waals surface area contributed by atoms with Crippen molar-refractivity contribution in [1.82, 2.24) is 29.6 Å². The fourth-order valence-corrected chi connectivity index (χ4v) is 5.63. The molecule has 0 unspecified atom stereocenters. The van der Waals surface area contributed by atoms with Crippen LogP contribution in [0.5, 0.6) is 0 Å². The lowest BCUT2D eigenvalue weighted by Gasteiger charge is -2.33. The van der Waals surface area contributed by atoms with E-state index in [1.165, 1.54) is 0 Å². The van der Waals surface area contributed by atoms with Gasteiger partial charge in [-0.25, -0.2) is 4.98 Å². The number of nitrogens with zero attached hydrogens (tertiary/aromatic N) is 9. The third-order valence-corrected chi connectivity index (χ3v) is 8.07. The van der Waals surface area contributed by atoms with E-state index in [1.807, 2.05) is 84.3 Å². The molecule has 4 rings (SSSR count). The number of benzene rings is 1. The number of hydrogen-bond acceptors (Lipinski definition) is 10. The summed E-state index contributed by atoms with van der Waals surface area (Å²) in [4.78, 5) is 44.4. The van der Waals surface area contributed by atoms with Gasteiger partial charge >= 0.3 is 11.9 Å². The van der Waals surface area contributed by atoms with Crippen molar-refractivity contribution in [2.24, 2.45) is 10.8 Å². The molecule has 0 amide bonds. The maximum absolute atomic E-state index is 11.9. The average Bonchev–Trinajstić information content (AvgIpc) is 3.07. The normalized spacial score (nSPS) is 15.9. The Kier molecular flexibility index (Phi) is 14.2. The Bertz CT molecular complexity index is 1660. The van der Waals surface area contributed by atoms with Crippen molar-refractivity contribution < 1.29 is 19.8 Å². The minimum Gasteiger partial charge on any atom is -0.480 e. The molecule has 1 aliphatic heterocycles. The number of carboxylic acid groups (broad SMARTS) is 2. The van der Waals surface area contributed by atoms with Crippen LogP contribution in [0.1, 0.15) is 36.6 Å². The average molecular weight is 683 g/mol. The van der Waals surface area contributed by atoms with Gasteiger partial charge < -0.3 is 15.9 Å². The molecule has 0 aliphatic carbocycles. The van der Waals surface area contributed by atoms with Crippen LogP contribution in [0.2, 0.25) is 0 Å². The summed E-state index contributed by atoms with van der Waals surface area (Å²) < 4.78 is 0. The van der Waals surface area contributed by atoms with Gasteiger partial charge in [-0.2, -0.15) is 0 Å². The second-order valence-electron chi connectivity index (χ2n) is 13.0. The Balaban J connectivity index is 1.56. The molecule has 50 heavy (non-hydrogen) atoms. The van der Waals surface area contributed by atoms with Gasteiger partial charge in [0, 0.05) is 76.1 Å². The van der Waals surface area contributed by atoms with Crippen LogP contribution in [0, 0.1) is 11.8 Å². The number of hydrogen-bond donors (Lipinski definition) is 3. The Morgan fingerprint density at radius 1 is 0.780 bits per heavy atom. The molecule has 1 fully saturated rings. The molecule has 1 saturated heterocycles. The van der Waals surface area contributed by atoms with Crippen LogP contribution in [0.15, 0.2) is 65.8 Å². The molecule has 0 spiro atoms. The van der Waals surface area contributed by atoms with Crippen LogP contribution < -0.4 is 5.73 Å². The highest BCUT2D eigenvalue weighted by atomic mass is 16.4. The zero-order valence-electron chi connectivity index (χ0n) is 28.8. The lowest BCUT2D eigenvalue weighted by Crippen LogP contribution is -2.47. The molecular weight excluding hydrogens is 636 g/mol. The van der Waals surface area contributed by atoms with E-state index in [-0.39, 0.29) is 19.6 Å². The summed E-state index contributed by atoms with van der Waals surface area (Å²) >= 11 is 0. The summed E-state index contributed by atoms with van der Waals surface area (Å²) in [7, 11) is 0. The number of aliphatic carboxylic acids is 2. The molecule has 0 bridgehead atoms. The summed E-state index contributed by atoms with van der Waals surface area (Å²) in [5.74, 6) is 4.24. The topological polar surface area (TPSA) is 188 Å². The van der Waals surface area contributed by atoms with E-state index in [0.717, 1.165) is 22.5 Å². The number of nitrogens with two attached hydrogens (primary N) is 1. The van der Waals surface area contributed by atoms with Crippen molar-refractivity contribution in [3.63, 3.8) is 0 Å². The molecule has 0 radical (unpaired) electrons. The first-order valence-corrected chi connectivity index (χ1v) is 16.6. The van der Waals surface area contributed by atoms with Crippen LogP contribution in [-0.2, 0) is 29.2 Å². The van der Waals surface area contributed by atoms with Crippen molar-refractivity contribution in [2.75, 3.05) is 65.4 Å². The van der Waals surface area contributed by atoms with Crippen molar-refractivity contribution in [3.8, 4) is 23.0 Å². The van der Waals surface area contributed by atoms with Gasteiger partial charge in [-0.05, 0) is 60.7 Å². The lowest BCUT2D eigenvalue weighted by atomic mass is 10.0. The van der Waals surface area contributed by atoms with Crippen LogP contribution in [0.4, 0.5) is 0 Å². The molecule has 1 aliphatic rings. The highest BCUT2D eigenvalue weighted by Gasteiger charge is 2.20. The van der Waals surface area contributed by atoms with Crippen LogP contribution in [0.3, 0.4) is 0 Å². The molecule has 264 valence electrons. The summed E-state index contributed by atoms with van der Waals surface area (Å²) in [6, 6.07) is 19.5. The van der Waals surface area contributed by atoms with Crippen molar-refractivity contribution >= 4 is 11.9 Å². The highest BCUT2D eigenvalue weighted by Crippen LogP contribution is 2.22. The predicted molar refractivity (Wildman–Crippen MR) is 191 cm³/mol. The SMILES string of the molecule is CC(C)(N)C#Cc1cccc(CN2CCN(CC(=O)O)CCN(Cc3cc(-c4ccccc4)cc(CN=[N+]=[N-])n3)CCN(CC(=O)O)CC2)n1. The molecule has 2 aromatic heterocycles. The number of rotatable bonds is 11. The maximum Gasteiger partial charge on any atom is 0.317 e. The van der Waals surface area contributed by atoms with Gasteiger partial charge in [-0.15, -0.1) is 0 Å². The van der Waals surface area contributed by atoms with Gasteiger partial charge in [0.15, 0.2) is 0 Å². The summed E-state index contributed by atoms with van der Waals surface area (Å²) in [6.45, 7) is 8.67. The fraction of sp³-hybridized carbons (Fsp3) is 0.444. The molecule has 3 heterocycles. The largest absolute Gasteiger partial charge is 0.480 e. The summed E-state index contributed by atoms with van der Waals surface area (Å²) in [5.41, 5.74) is 19.1. The molecule has 3 aromatic rings. The van der Waals surface area contributed by atoms with E-state index in [9.17, 15) is 19.8 Å². The van der Waals surface area contributed by atoms with Crippen LogP contribution in [-0.4, -0.2) is 123 Å². The molecule has 0 saturated carbocycles. The van der Waals surface area contributed by atoms with Gasteiger partial charge in [-0.3, -0.25) is 34.2 Å². The first-order chi connectivity index (χ1) is 24.0. The fourth-order valence-electron chi connectivity index (χ4n) is 5.63. The van der Waals surface area contributed by atoms with Gasteiger partial charge in [0.25, 0.3) is 0 Å². The molecule has 14 nitrogen and oxygen atoms in total. The van der Waals surface area contributed by atoms with Gasteiger partial charge in [-0.1, -0.05) is 47.4 Å². The predicted octanol–water partition coefficient (Wildman–Crippen LogP) is 3.13. The smallest absolute Gasteiger partial charge is 0.317 e. The van der Waals surface area contributed by atoms with Crippen molar-refractivity contribution in [1.29, 1.82) is 0 Å². The standard InChI is InChI=1S/C36H46N10O4/c1-36(2,37)12-11-30-9-6-10-31(40-30)24-43-13-17-45(26-34(47)48)19-15-44(16-20-46(18-14-43)27-35(49)50)25-33-22-29(28-7-4-3-5-8-28)21-32(41-33)23-39-42-38/h3-10,21-22H,13-20,23-27,37H2,1-2H3,(H,47,48)(H,49,50). The van der Waals surface area contributed by atoms with Crippen molar-refractivity contribution in [2.45, 2.75) is 39.0 Å². The lowest BCUT2D eigenvalue weighted by molar-refractivity contribution is -0.139. The van der Waals surface area contributed by atoms with E-state index in [1.54, 1.807) is 0 Å². The Labute approximate surface area is 293 Å².